The molecule has 1 aromatic heterocycles. The highest BCUT2D eigenvalue weighted by Gasteiger charge is 2.30. The molecule has 1 amide bonds. The smallest absolute Gasteiger partial charge is 0.326 e. The van der Waals surface area contributed by atoms with E-state index in [9.17, 15) is 14.7 Å². The molecule has 0 radical (unpaired) electrons. The largest absolute Gasteiger partial charge is 0.480 e. The summed E-state index contributed by atoms with van der Waals surface area (Å²) in [6.07, 6.45) is 2.64. The van der Waals surface area contributed by atoms with Crippen molar-refractivity contribution in [2.45, 2.75) is 32.2 Å². The van der Waals surface area contributed by atoms with Crippen LogP contribution in [0.2, 0.25) is 0 Å². The summed E-state index contributed by atoms with van der Waals surface area (Å²) in [6, 6.07) is 6.82. The second kappa shape index (κ2) is 5.24. The minimum absolute atomic E-state index is 0.364. The second-order valence-electron chi connectivity index (χ2n) is 5.82. The van der Waals surface area contributed by atoms with Crippen LogP contribution in [-0.2, 0) is 4.79 Å². The van der Waals surface area contributed by atoms with E-state index < -0.39 is 12.0 Å². The summed E-state index contributed by atoms with van der Waals surface area (Å²) in [5.74, 6) is -0.893. The van der Waals surface area contributed by atoms with Crippen LogP contribution >= 0.6 is 0 Å². The van der Waals surface area contributed by atoms with Gasteiger partial charge in [0.25, 0.3) is 5.91 Å². The molecule has 1 unspecified atom stereocenters. The molecule has 5 heteroatoms. The van der Waals surface area contributed by atoms with E-state index in [4.69, 9.17) is 0 Å². The molecule has 1 heterocycles. The highest BCUT2D eigenvalue weighted by atomic mass is 16.4. The first-order valence-corrected chi connectivity index (χ1v) is 7.16. The van der Waals surface area contributed by atoms with E-state index >= 15 is 0 Å². The van der Waals surface area contributed by atoms with Gasteiger partial charge in [-0.15, -0.1) is 0 Å². The van der Waals surface area contributed by atoms with Gasteiger partial charge in [-0.3, -0.25) is 4.79 Å². The Morgan fingerprint density at radius 2 is 2.14 bits per heavy atom. The third-order valence-electron chi connectivity index (χ3n) is 3.89. The Morgan fingerprint density at radius 1 is 1.38 bits per heavy atom. The van der Waals surface area contributed by atoms with Crippen molar-refractivity contribution in [2.24, 2.45) is 5.92 Å². The molecule has 0 spiro atoms. The number of carbonyl (C=O) groups excluding carboxylic acids is 1. The lowest BCUT2D eigenvalue weighted by Gasteiger charge is -2.13. The number of hydrogen-bond donors (Lipinski definition) is 3. The Bertz CT molecular complexity index is 701. The average molecular weight is 286 g/mol. The van der Waals surface area contributed by atoms with E-state index in [0.717, 1.165) is 29.3 Å². The van der Waals surface area contributed by atoms with E-state index in [0.29, 0.717) is 18.0 Å². The molecule has 2 aromatic rings. The monoisotopic (exact) mass is 286 g/mol. The van der Waals surface area contributed by atoms with Crippen molar-refractivity contribution >= 4 is 22.8 Å². The number of carboxylic acids is 1. The van der Waals surface area contributed by atoms with Gasteiger partial charge in [0.2, 0.25) is 0 Å². The van der Waals surface area contributed by atoms with E-state index in [1.807, 2.05) is 25.1 Å². The van der Waals surface area contributed by atoms with Crippen molar-refractivity contribution in [1.29, 1.82) is 0 Å². The first-order chi connectivity index (χ1) is 10.0. The van der Waals surface area contributed by atoms with Gasteiger partial charge in [-0.2, -0.15) is 0 Å². The first kappa shape index (κ1) is 13.7. The lowest BCUT2D eigenvalue weighted by atomic mass is 10.1. The third-order valence-corrected chi connectivity index (χ3v) is 3.89. The van der Waals surface area contributed by atoms with Gasteiger partial charge in [0, 0.05) is 10.9 Å². The van der Waals surface area contributed by atoms with Gasteiger partial charge >= 0.3 is 5.97 Å². The third kappa shape index (κ3) is 3.07. The Kier molecular flexibility index (Phi) is 3.41. The van der Waals surface area contributed by atoms with Crippen LogP contribution in [0.4, 0.5) is 0 Å². The topological polar surface area (TPSA) is 82.2 Å². The van der Waals surface area contributed by atoms with Crippen LogP contribution in [0.1, 0.15) is 35.3 Å². The maximum absolute atomic E-state index is 12.2. The Morgan fingerprint density at radius 3 is 2.81 bits per heavy atom. The van der Waals surface area contributed by atoms with Crippen LogP contribution in [0.3, 0.4) is 0 Å². The Labute approximate surface area is 122 Å². The minimum Gasteiger partial charge on any atom is -0.480 e. The fourth-order valence-corrected chi connectivity index (χ4v) is 2.51. The number of rotatable bonds is 5. The van der Waals surface area contributed by atoms with E-state index in [2.05, 4.69) is 10.3 Å². The molecule has 0 saturated heterocycles. The van der Waals surface area contributed by atoms with Gasteiger partial charge in [0.05, 0.1) is 0 Å². The Balaban J connectivity index is 1.77. The molecule has 1 fully saturated rings. The molecule has 1 atom stereocenters. The van der Waals surface area contributed by atoms with Gasteiger partial charge in [-0.1, -0.05) is 25.0 Å². The zero-order valence-corrected chi connectivity index (χ0v) is 11.8. The molecule has 110 valence electrons. The zero-order chi connectivity index (χ0) is 15.0. The maximum Gasteiger partial charge on any atom is 0.326 e. The van der Waals surface area contributed by atoms with Crippen molar-refractivity contribution in [3.05, 3.63) is 35.5 Å². The maximum atomic E-state index is 12.2. The number of aliphatic carboxylic acids is 1. The molecule has 1 aromatic carbocycles. The predicted octanol–water partition coefficient (Wildman–Crippen LogP) is 2.46. The number of hydrogen-bond acceptors (Lipinski definition) is 2. The van der Waals surface area contributed by atoms with Gasteiger partial charge in [-0.25, -0.2) is 4.79 Å². The zero-order valence-electron chi connectivity index (χ0n) is 11.8. The van der Waals surface area contributed by atoms with Crippen LogP contribution in [-0.4, -0.2) is 28.0 Å². The van der Waals surface area contributed by atoms with Gasteiger partial charge in [-0.05, 0) is 37.0 Å². The fraction of sp³-hybridized carbons (Fsp3) is 0.375. The Hall–Kier alpha value is -2.30. The van der Waals surface area contributed by atoms with Crippen LogP contribution in [0.25, 0.3) is 10.9 Å². The molecular weight excluding hydrogens is 268 g/mol. The normalized spacial score (nSPS) is 15.9. The van der Waals surface area contributed by atoms with E-state index in [1.165, 1.54) is 0 Å². The van der Waals surface area contributed by atoms with E-state index in [1.54, 1.807) is 6.07 Å². The molecule has 1 saturated carbocycles. The lowest BCUT2D eigenvalue weighted by molar-refractivity contribution is -0.139. The quantitative estimate of drug-likeness (QED) is 0.789. The summed E-state index contributed by atoms with van der Waals surface area (Å²) in [7, 11) is 0. The molecule has 1 aliphatic rings. The van der Waals surface area contributed by atoms with Gasteiger partial charge < -0.3 is 15.4 Å². The summed E-state index contributed by atoms with van der Waals surface area (Å²) in [6.45, 7) is 1.98. The van der Waals surface area contributed by atoms with Crippen molar-refractivity contribution in [3.63, 3.8) is 0 Å². The predicted molar refractivity (Wildman–Crippen MR) is 79.3 cm³/mol. The standard InChI is InChI=1S/C16H18N2O3/c1-9-2-5-11-8-13(17-12(11)6-9)15(19)18-14(16(20)21)7-10-3-4-10/h2,5-6,8,10,14,17H,3-4,7H2,1H3,(H,18,19)(H,20,21). The number of aromatic amines is 1. The number of H-pyrrole nitrogens is 1. The number of aryl methyl sites for hydroxylation is 1. The summed E-state index contributed by atoms with van der Waals surface area (Å²) in [4.78, 5) is 26.5. The molecule has 3 rings (SSSR count). The highest BCUT2D eigenvalue weighted by Crippen LogP contribution is 2.33. The minimum atomic E-state index is -0.970. The van der Waals surface area contributed by atoms with Crippen LogP contribution < -0.4 is 5.32 Å². The summed E-state index contributed by atoms with van der Waals surface area (Å²) in [5.41, 5.74) is 2.39. The lowest BCUT2D eigenvalue weighted by Crippen LogP contribution is -2.41. The number of fused-ring (bicyclic) bond motifs is 1. The fourth-order valence-electron chi connectivity index (χ4n) is 2.51. The van der Waals surface area contributed by atoms with Crippen LogP contribution in [0.15, 0.2) is 24.3 Å². The van der Waals surface area contributed by atoms with Crippen LogP contribution in [0.5, 0.6) is 0 Å². The summed E-state index contributed by atoms with van der Waals surface area (Å²) < 4.78 is 0. The molecule has 1 aliphatic carbocycles. The SMILES string of the molecule is Cc1ccc2cc(C(=O)NC(CC3CC3)C(=O)O)[nH]c2c1. The van der Waals surface area contributed by atoms with Gasteiger partial charge in [0.15, 0.2) is 0 Å². The number of amides is 1. The van der Waals surface area contributed by atoms with Gasteiger partial charge in [0.1, 0.15) is 11.7 Å². The molecule has 5 nitrogen and oxygen atoms in total. The van der Waals surface area contributed by atoms with E-state index in [-0.39, 0.29) is 5.91 Å². The van der Waals surface area contributed by atoms with Crippen molar-refractivity contribution in [1.82, 2.24) is 10.3 Å². The molecular formula is C16H18N2O3. The molecule has 0 bridgehead atoms. The van der Waals surface area contributed by atoms with Crippen molar-refractivity contribution in [3.8, 4) is 0 Å². The number of nitrogens with one attached hydrogen (secondary N) is 2. The number of benzene rings is 1. The first-order valence-electron chi connectivity index (χ1n) is 7.16. The second-order valence-corrected chi connectivity index (χ2v) is 5.82. The van der Waals surface area contributed by atoms with Crippen LogP contribution in [0, 0.1) is 12.8 Å². The summed E-state index contributed by atoms with van der Waals surface area (Å²) in [5, 5.41) is 12.8. The number of aromatic nitrogens is 1. The highest BCUT2D eigenvalue weighted by molar-refractivity contribution is 5.99. The number of carboxylic acid groups (broad SMARTS) is 1. The van der Waals surface area contributed by atoms with Crippen molar-refractivity contribution < 1.29 is 14.7 Å². The summed E-state index contributed by atoms with van der Waals surface area (Å²) >= 11 is 0. The molecule has 0 aliphatic heterocycles. The molecule has 21 heavy (non-hydrogen) atoms. The molecule has 3 N–H and O–H groups in total. The number of carbonyl (C=O) groups is 2. The average Bonchev–Trinajstić information content (AvgIpc) is 3.14. The van der Waals surface area contributed by atoms with Crippen molar-refractivity contribution in [2.75, 3.05) is 0 Å².